The summed E-state index contributed by atoms with van der Waals surface area (Å²) in [6.45, 7) is 5.71. The molecule has 23 nitrogen and oxygen atoms in total. The standard InChI is InChI=1S/C10H22Cl2N2O4.2C6H12Br2O4.C6H10N6O.C4H10N2/c11-1-3-13-5-7(15)9(17)10(18)8(16)6-14-4-2-12;2*7-1-3(9)5(11)6(12)4(10)2-8;1-12(2)11-10-6-4(5(7)13)8-3-9-6;1-2-6-4-3-5-1/h7-10,13-18H,1-6H2;2*3-6,9-12H,1-2H2;3H,1-2H3,(H2,7,13)(H,8,9);5-6H,1-4H2/b;;;11-10+;/t7-,8-,9-,10-;3-,4-,5-,6-;;;/m11.../s1. The molecule has 4 unspecified atom stereocenters. The summed E-state index contributed by atoms with van der Waals surface area (Å²) in [5.41, 5.74) is 5.12. The van der Waals surface area contributed by atoms with E-state index in [4.69, 9.17) is 49.4 Å². The Bertz CT molecular complexity index is 1120. The zero-order chi connectivity index (χ0) is 47.5. The van der Waals surface area contributed by atoms with E-state index in [1.54, 1.807) is 14.1 Å². The van der Waals surface area contributed by atoms with Gasteiger partial charge in [0, 0.05) is 99.5 Å². The maximum atomic E-state index is 10.8. The molecule has 1 aliphatic rings. The van der Waals surface area contributed by atoms with Gasteiger partial charge in [-0.25, -0.2) is 4.98 Å². The van der Waals surface area contributed by atoms with Crippen LogP contribution in [0.1, 0.15) is 10.5 Å². The number of alkyl halides is 6. The minimum atomic E-state index is -1.43. The van der Waals surface area contributed by atoms with E-state index in [2.05, 4.69) is 105 Å². The van der Waals surface area contributed by atoms with Crippen LogP contribution in [0.2, 0.25) is 0 Å². The Morgan fingerprint density at radius 3 is 1.23 bits per heavy atom. The number of imidazole rings is 1. The van der Waals surface area contributed by atoms with Crippen molar-refractivity contribution in [1.29, 1.82) is 0 Å². The SMILES string of the molecule is C1CNCCN1.CN(C)/N=N/c1[nH]cnc1C(N)=O.OC(CBr)C(O)C(O)C(O)CBr.O[C@@H]([C@H](O)[C@H](O)CBr)[C@H](O)CBr.O[C@@H]([C@H](O)[C@H](O)CNCCCl)[C@H](O)CNCCCl. The van der Waals surface area contributed by atoms with Gasteiger partial charge in [0.25, 0.3) is 5.91 Å². The smallest absolute Gasteiger partial charge is 0.271 e. The fourth-order valence-electron chi connectivity index (χ4n) is 3.89. The van der Waals surface area contributed by atoms with Crippen LogP contribution in [0.15, 0.2) is 16.7 Å². The van der Waals surface area contributed by atoms with Crippen molar-refractivity contribution in [2.45, 2.75) is 73.2 Å². The average Bonchev–Trinajstić information content (AvgIpc) is 3.76. The molecule has 1 aromatic heterocycles. The number of aliphatic hydroxyl groups is 12. The molecule has 0 radical (unpaired) electrons. The molecule has 0 aromatic carbocycles. The van der Waals surface area contributed by atoms with Crippen molar-refractivity contribution in [2.75, 3.05) is 99.5 Å². The van der Waals surface area contributed by atoms with Gasteiger partial charge in [-0.1, -0.05) is 68.9 Å². The normalized spacial score (nSPS) is 18.5. The number of hydrogen-bond donors (Lipinski definition) is 18. The number of halogens is 6. The molecular weight excluding hydrogens is 1120 g/mol. The highest BCUT2D eigenvalue weighted by Gasteiger charge is 2.31. The van der Waals surface area contributed by atoms with Crippen molar-refractivity contribution in [3.8, 4) is 0 Å². The van der Waals surface area contributed by atoms with Gasteiger partial charge in [-0.2, -0.15) is 0 Å². The summed E-state index contributed by atoms with van der Waals surface area (Å²) >= 11 is 22.6. The monoisotopic (exact) mass is 1180 g/mol. The number of aromatic nitrogens is 2. The molecule has 2 rings (SSSR count). The van der Waals surface area contributed by atoms with Gasteiger partial charge in [-0.3, -0.25) is 9.80 Å². The highest BCUT2D eigenvalue weighted by Crippen LogP contribution is 2.13. The number of H-pyrrole nitrogens is 1. The third-order valence-corrected chi connectivity index (χ3v) is 10.5. The van der Waals surface area contributed by atoms with E-state index in [0.29, 0.717) is 24.8 Å². The molecule has 61 heavy (non-hydrogen) atoms. The summed E-state index contributed by atoms with van der Waals surface area (Å²) in [4.78, 5) is 17.1. The van der Waals surface area contributed by atoms with Gasteiger partial charge in [-0.05, 0) is 0 Å². The third kappa shape index (κ3) is 32.3. The van der Waals surface area contributed by atoms with Crippen LogP contribution in [0.5, 0.6) is 0 Å². The topological polar surface area (TPSA) is 391 Å². The minimum Gasteiger partial charge on any atom is -0.389 e. The molecule has 0 saturated carbocycles. The van der Waals surface area contributed by atoms with Crippen LogP contribution in [0.25, 0.3) is 0 Å². The molecular formula is C32H66Br4Cl2N10O13. The number of nitrogens with two attached hydrogens (primary N) is 1. The molecule has 19 N–H and O–H groups in total. The highest BCUT2D eigenvalue weighted by molar-refractivity contribution is 9.09. The van der Waals surface area contributed by atoms with Gasteiger partial charge in [0.15, 0.2) is 11.5 Å². The van der Waals surface area contributed by atoms with Crippen molar-refractivity contribution in [2.24, 2.45) is 16.1 Å². The van der Waals surface area contributed by atoms with E-state index < -0.39 is 79.2 Å². The quantitative estimate of drug-likeness (QED) is 0.0202. The van der Waals surface area contributed by atoms with Crippen LogP contribution in [-0.4, -0.2) is 255 Å². The van der Waals surface area contributed by atoms with Crippen LogP contribution in [-0.2, 0) is 0 Å². The molecule has 2 heterocycles. The second-order valence-corrected chi connectivity index (χ2v) is 16.1. The van der Waals surface area contributed by atoms with Gasteiger partial charge in [0.05, 0.1) is 43.0 Å². The third-order valence-electron chi connectivity index (χ3n) is 7.43. The molecule has 0 spiro atoms. The molecule has 29 heteroatoms. The zero-order valence-electron chi connectivity index (χ0n) is 33.8. The Balaban J connectivity index is -0.000000710. The molecule has 12 atom stereocenters. The first-order chi connectivity index (χ1) is 28.7. The second kappa shape index (κ2) is 41.4. The van der Waals surface area contributed by atoms with E-state index in [0.717, 1.165) is 26.2 Å². The van der Waals surface area contributed by atoms with Gasteiger partial charge in [0.2, 0.25) is 0 Å². The average molecular weight is 1190 g/mol. The van der Waals surface area contributed by atoms with Crippen molar-refractivity contribution >= 4 is 98.6 Å². The molecule has 1 aliphatic heterocycles. The lowest BCUT2D eigenvalue weighted by Gasteiger charge is -2.26. The lowest BCUT2D eigenvalue weighted by atomic mass is 10.0. The van der Waals surface area contributed by atoms with E-state index in [-0.39, 0.29) is 45.9 Å². The van der Waals surface area contributed by atoms with E-state index in [9.17, 15) is 45.6 Å². The Morgan fingerprint density at radius 2 is 0.984 bits per heavy atom. The first-order valence-electron chi connectivity index (χ1n) is 18.5. The maximum absolute atomic E-state index is 10.8. The Morgan fingerprint density at radius 1 is 0.672 bits per heavy atom. The van der Waals surface area contributed by atoms with Gasteiger partial charge in [-0.15, -0.1) is 28.3 Å². The number of piperazine rings is 1. The molecule has 0 bridgehead atoms. The van der Waals surface area contributed by atoms with E-state index >= 15 is 0 Å². The van der Waals surface area contributed by atoms with Crippen molar-refractivity contribution in [3.05, 3.63) is 12.0 Å². The van der Waals surface area contributed by atoms with Crippen LogP contribution < -0.4 is 27.0 Å². The van der Waals surface area contributed by atoms with Crippen molar-refractivity contribution < 1.29 is 66.1 Å². The first kappa shape index (κ1) is 65.2. The summed E-state index contributed by atoms with van der Waals surface area (Å²) < 4.78 is 0. The minimum absolute atomic E-state index is 0.0885. The number of primary amides is 1. The van der Waals surface area contributed by atoms with E-state index in [1.807, 2.05) is 0 Å². The number of nitrogens with zero attached hydrogens (tertiary/aromatic N) is 4. The number of nitrogens with one attached hydrogen (secondary N) is 5. The Labute approximate surface area is 399 Å². The molecule has 364 valence electrons. The van der Waals surface area contributed by atoms with Gasteiger partial charge < -0.3 is 93.3 Å². The molecule has 1 amide bonds. The number of aromatic amines is 1. The van der Waals surface area contributed by atoms with Crippen LogP contribution >= 0.6 is 86.9 Å². The predicted molar refractivity (Wildman–Crippen MR) is 245 cm³/mol. The number of aliphatic hydroxyl groups excluding tert-OH is 12. The first-order valence-corrected chi connectivity index (χ1v) is 24.1. The lowest BCUT2D eigenvalue weighted by molar-refractivity contribution is -0.102. The predicted octanol–water partition coefficient (Wildman–Crippen LogP) is -4.23. The van der Waals surface area contributed by atoms with Crippen molar-refractivity contribution in [3.63, 3.8) is 0 Å². The zero-order valence-corrected chi connectivity index (χ0v) is 41.7. The number of hydrogen-bond acceptors (Lipinski definition) is 20. The molecule has 1 aromatic rings. The number of carbonyl (C=O) groups is 1. The summed E-state index contributed by atoms with van der Waals surface area (Å²) in [6, 6.07) is 0. The van der Waals surface area contributed by atoms with Crippen molar-refractivity contribution in [1.82, 2.24) is 36.2 Å². The van der Waals surface area contributed by atoms with Gasteiger partial charge >= 0.3 is 0 Å². The van der Waals surface area contributed by atoms with E-state index in [1.165, 1.54) is 11.3 Å². The molecule has 0 aliphatic carbocycles. The fraction of sp³-hybridized carbons (Fsp3) is 0.875. The largest absolute Gasteiger partial charge is 0.389 e. The Hall–Kier alpha value is -0.0600. The highest BCUT2D eigenvalue weighted by atomic mass is 79.9. The lowest BCUT2D eigenvalue weighted by Crippen LogP contribution is -2.50. The Kier molecular flexibility index (Phi) is 44.2. The second-order valence-electron chi connectivity index (χ2n) is 12.8. The molecule has 1 saturated heterocycles. The number of rotatable bonds is 24. The molecule has 1 fully saturated rings. The van der Waals surface area contributed by atoms with Gasteiger partial charge in [0.1, 0.15) is 36.6 Å². The summed E-state index contributed by atoms with van der Waals surface area (Å²) in [5.74, 6) is 0.405. The maximum Gasteiger partial charge on any atom is 0.271 e. The summed E-state index contributed by atoms with van der Waals surface area (Å²) in [5, 5.41) is 133. The fourth-order valence-corrected chi connectivity index (χ4v) is 5.69. The summed E-state index contributed by atoms with van der Waals surface area (Å²) in [7, 11) is 3.42. The summed E-state index contributed by atoms with van der Waals surface area (Å²) in [6.07, 6.45) is -13.5. The number of amides is 1. The van der Waals surface area contributed by atoms with Crippen LogP contribution in [0.3, 0.4) is 0 Å². The van der Waals surface area contributed by atoms with Crippen LogP contribution in [0.4, 0.5) is 5.82 Å². The number of carbonyl (C=O) groups excluding carboxylic acids is 1. The van der Waals surface area contributed by atoms with Crippen LogP contribution in [0, 0.1) is 0 Å².